The number of hydrogen-bond donors (Lipinski definition) is 1. The molecular weight excluding hydrogens is 258 g/mol. The molecule has 2 heterocycles. The van der Waals surface area contributed by atoms with E-state index in [4.69, 9.17) is 4.42 Å². The third-order valence-corrected chi connectivity index (χ3v) is 3.60. The lowest BCUT2D eigenvalue weighted by Gasteiger charge is -2.13. The van der Waals surface area contributed by atoms with E-state index >= 15 is 0 Å². The minimum absolute atomic E-state index is 0.494. The Labute approximate surface area is 118 Å². The minimum atomic E-state index is 0.494. The average Bonchev–Trinajstić information content (AvgIpc) is 2.98. The molecule has 0 amide bonds. The lowest BCUT2D eigenvalue weighted by Crippen LogP contribution is -2.22. The molecular formula is C14H21N3OS. The number of hydrogen-bond acceptors (Lipinski definition) is 5. The first-order valence-corrected chi connectivity index (χ1v) is 7.39. The molecule has 1 N–H and O–H groups in total. The van der Waals surface area contributed by atoms with Crippen LogP contribution in [0, 0.1) is 0 Å². The maximum atomic E-state index is 5.34. The van der Waals surface area contributed by atoms with Crippen LogP contribution in [0.3, 0.4) is 0 Å². The van der Waals surface area contributed by atoms with Crippen LogP contribution < -0.4 is 5.32 Å². The largest absolute Gasteiger partial charge is 0.468 e. The van der Waals surface area contributed by atoms with Crippen molar-refractivity contribution < 1.29 is 4.42 Å². The van der Waals surface area contributed by atoms with Crippen LogP contribution in [-0.2, 0) is 19.6 Å². The number of rotatable bonds is 7. The lowest BCUT2D eigenvalue weighted by molar-refractivity contribution is 0.285. The van der Waals surface area contributed by atoms with Crippen LogP contribution in [0.4, 0.5) is 0 Å². The Balaban J connectivity index is 1.82. The van der Waals surface area contributed by atoms with Gasteiger partial charge in [-0.2, -0.15) is 0 Å². The maximum absolute atomic E-state index is 5.34. The fourth-order valence-corrected chi connectivity index (χ4v) is 2.53. The topological polar surface area (TPSA) is 41.3 Å². The number of nitrogens with one attached hydrogen (secondary N) is 1. The Morgan fingerprint density at radius 2 is 2.26 bits per heavy atom. The molecule has 2 rings (SSSR count). The summed E-state index contributed by atoms with van der Waals surface area (Å²) in [5, 5.41) is 6.67. The van der Waals surface area contributed by atoms with Gasteiger partial charge >= 0.3 is 0 Å². The molecule has 0 radical (unpaired) electrons. The van der Waals surface area contributed by atoms with Crippen LogP contribution in [0.15, 0.2) is 28.2 Å². The van der Waals surface area contributed by atoms with Gasteiger partial charge in [-0.1, -0.05) is 13.8 Å². The van der Waals surface area contributed by atoms with Crippen molar-refractivity contribution in [3.05, 3.63) is 40.2 Å². The summed E-state index contributed by atoms with van der Waals surface area (Å²) in [7, 11) is 2.08. The van der Waals surface area contributed by atoms with Gasteiger partial charge in [0.05, 0.1) is 18.5 Å². The summed E-state index contributed by atoms with van der Waals surface area (Å²) < 4.78 is 5.34. The summed E-state index contributed by atoms with van der Waals surface area (Å²) in [4.78, 5) is 6.84. The Morgan fingerprint density at radius 1 is 1.42 bits per heavy atom. The normalized spacial score (nSPS) is 11.6. The van der Waals surface area contributed by atoms with Gasteiger partial charge < -0.3 is 9.73 Å². The molecule has 0 atom stereocenters. The zero-order valence-corrected chi connectivity index (χ0v) is 12.5. The molecule has 0 saturated carbocycles. The van der Waals surface area contributed by atoms with E-state index in [1.807, 2.05) is 12.1 Å². The molecule has 2 aromatic rings. The summed E-state index contributed by atoms with van der Waals surface area (Å²) in [6.07, 6.45) is 1.71. The molecule has 0 aromatic carbocycles. The van der Waals surface area contributed by atoms with E-state index in [0.717, 1.165) is 36.1 Å². The Hall–Kier alpha value is -1.17. The SMILES string of the molecule is CC(C)NCc1nc(CN(C)Cc2ccco2)cs1. The van der Waals surface area contributed by atoms with Crippen molar-refractivity contribution in [2.45, 2.75) is 39.5 Å². The van der Waals surface area contributed by atoms with Crippen LogP contribution in [0.2, 0.25) is 0 Å². The first-order chi connectivity index (χ1) is 9.13. The predicted octanol–water partition coefficient (Wildman–Crippen LogP) is 2.87. The van der Waals surface area contributed by atoms with Gasteiger partial charge in [-0.05, 0) is 19.2 Å². The molecule has 19 heavy (non-hydrogen) atoms. The van der Waals surface area contributed by atoms with E-state index in [1.165, 1.54) is 0 Å². The maximum Gasteiger partial charge on any atom is 0.117 e. The van der Waals surface area contributed by atoms with Crippen molar-refractivity contribution in [1.29, 1.82) is 0 Å². The second-order valence-electron chi connectivity index (χ2n) is 5.02. The van der Waals surface area contributed by atoms with Crippen LogP contribution in [-0.4, -0.2) is 23.0 Å². The van der Waals surface area contributed by atoms with Crippen LogP contribution in [0.1, 0.15) is 30.3 Å². The van der Waals surface area contributed by atoms with Crippen molar-refractivity contribution in [3.63, 3.8) is 0 Å². The third kappa shape index (κ3) is 4.78. The Kier molecular flexibility index (Phi) is 5.13. The Bertz CT molecular complexity index is 479. The van der Waals surface area contributed by atoms with Crippen LogP contribution >= 0.6 is 11.3 Å². The molecule has 0 aliphatic rings. The summed E-state index contributed by atoms with van der Waals surface area (Å²) in [5.74, 6) is 0.986. The minimum Gasteiger partial charge on any atom is -0.468 e. The predicted molar refractivity (Wildman–Crippen MR) is 78.0 cm³/mol. The highest BCUT2D eigenvalue weighted by atomic mass is 32.1. The summed E-state index contributed by atoms with van der Waals surface area (Å²) in [5.41, 5.74) is 1.12. The summed E-state index contributed by atoms with van der Waals surface area (Å²) in [6, 6.07) is 4.41. The van der Waals surface area contributed by atoms with Crippen molar-refractivity contribution in [2.24, 2.45) is 0 Å². The number of nitrogens with zero attached hydrogens (tertiary/aromatic N) is 2. The quantitative estimate of drug-likeness (QED) is 0.846. The van der Waals surface area contributed by atoms with Crippen molar-refractivity contribution in [1.82, 2.24) is 15.2 Å². The van der Waals surface area contributed by atoms with E-state index in [-0.39, 0.29) is 0 Å². The fraction of sp³-hybridized carbons (Fsp3) is 0.500. The molecule has 0 bridgehead atoms. The van der Waals surface area contributed by atoms with E-state index in [9.17, 15) is 0 Å². The molecule has 0 aliphatic carbocycles. The van der Waals surface area contributed by atoms with Crippen molar-refractivity contribution in [3.8, 4) is 0 Å². The van der Waals surface area contributed by atoms with Gasteiger partial charge in [0.25, 0.3) is 0 Å². The zero-order valence-electron chi connectivity index (χ0n) is 11.7. The van der Waals surface area contributed by atoms with Gasteiger partial charge in [0.15, 0.2) is 0 Å². The molecule has 5 heteroatoms. The number of aromatic nitrogens is 1. The molecule has 104 valence electrons. The van der Waals surface area contributed by atoms with Gasteiger partial charge in [0, 0.05) is 24.5 Å². The second-order valence-corrected chi connectivity index (χ2v) is 5.96. The number of thiazole rings is 1. The molecule has 4 nitrogen and oxygen atoms in total. The number of furan rings is 1. The fourth-order valence-electron chi connectivity index (χ4n) is 1.80. The highest BCUT2D eigenvalue weighted by Crippen LogP contribution is 2.13. The van der Waals surface area contributed by atoms with E-state index < -0.39 is 0 Å². The average molecular weight is 279 g/mol. The van der Waals surface area contributed by atoms with Crippen molar-refractivity contribution >= 4 is 11.3 Å². The molecule has 0 fully saturated rings. The van der Waals surface area contributed by atoms with Crippen LogP contribution in [0.5, 0.6) is 0 Å². The van der Waals surface area contributed by atoms with Crippen molar-refractivity contribution in [2.75, 3.05) is 7.05 Å². The van der Waals surface area contributed by atoms with Gasteiger partial charge in [-0.15, -0.1) is 11.3 Å². The monoisotopic (exact) mass is 279 g/mol. The van der Waals surface area contributed by atoms with E-state index in [2.05, 4.69) is 41.5 Å². The summed E-state index contributed by atoms with van der Waals surface area (Å²) in [6.45, 7) is 6.80. The standard InChI is InChI=1S/C14H21N3OS/c1-11(2)15-7-14-16-12(10-19-14)8-17(3)9-13-5-4-6-18-13/h4-6,10-11,15H,7-9H2,1-3H3. The van der Waals surface area contributed by atoms with E-state index in [0.29, 0.717) is 6.04 Å². The molecule has 0 aliphatic heterocycles. The van der Waals surface area contributed by atoms with Gasteiger partial charge in [0.2, 0.25) is 0 Å². The molecule has 0 spiro atoms. The Morgan fingerprint density at radius 3 is 2.95 bits per heavy atom. The van der Waals surface area contributed by atoms with Gasteiger partial charge in [-0.3, -0.25) is 4.90 Å². The molecule has 0 unspecified atom stereocenters. The zero-order chi connectivity index (χ0) is 13.7. The lowest BCUT2D eigenvalue weighted by atomic mass is 10.4. The first-order valence-electron chi connectivity index (χ1n) is 6.51. The molecule has 2 aromatic heterocycles. The van der Waals surface area contributed by atoms with Gasteiger partial charge in [0.1, 0.15) is 10.8 Å². The van der Waals surface area contributed by atoms with Crippen LogP contribution in [0.25, 0.3) is 0 Å². The van der Waals surface area contributed by atoms with Gasteiger partial charge in [-0.25, -0.2) is 4.98 Å². The highest BCUT2D eigenvalue weighted by Gasteiger charge is 2.07. The highest BCUT2D eigenvalue weighted by molar-refractivity contribution is 7.09. The third-order valence-electron chi connectivity index (χ3n) is 2.70. The molecule has 0 saturated heterocycles. The summed E-state index contributed by atoms with van der Waals surface area (Å²) >= 11 is 1.72. The second kappa shape index (κ2) is 6.84. The smallest absolute Gasteiger partial charge is 0.117 e. The first kappa shape index (κ1) is 14.2. The van der Waals surface area contributed by atoms with E-state index in [1.54, 1.807) is 17.6 Å².